The molecule has 0 saturated carbocycles. The van der Waals surface area contributed by atoms with Gasteiger partial charge in [-0.05, 0) is 12.1 Å². The number of hydrogen-bond acceptors (Lipinski definition) is 2. The van der Waals surface area contributed by atoms with Crippen LogP contribution in [0, 0.1) is 0 Å². The van der Waals surface area contributed by atoms with Gasteiger partial charge < -0.3 is 9.67 Å². The van der Waals surface area contributed by atoms with E-state index in [9.17, 15) is 0 Å². The molecule has 2 rings (SSSR count). The van der Waals surface area contributed by atoms with E-state index in [0.717, 1.165) is 15.7 Å². The van der Waals surface area contributed by atoms with Crippen LogP contribution in [-0.4, -0.2) is 14.7 Å². The summed E-state index contributed by atoms with van der Waals surface area (Å²) in [6.07, 6.45) is 5.27. The molecule has 1 aromatic heterocycles. The predicted molar refractivity (Wildman–Crippen MR) is 57.2 cm³/mol. The summed E-state index contributed by atoms with van der Waals surface area (Å²) in [7, 11) is 0. The average molecular weight is 253 g/mol. The van der Waals surface area contributed by atoms with E-state index in [-0.39, 0.29) is 6.61 Å². The molecule has 0 amide bonds. The maximum absolute atomic E-state index is 9.16. The van der Waals surface area contributed by atoms with Crippen LogP contribution < -0.4 is 0 Å². The summed E-state index contributed by atoms with van der Waals surface area (Å²) in [5.41, 5.74) is 1.82. The van der Waals surface area contributed by atoms with E-state index in [4.69, 9.17) is 5.11 Å². The van der Waals surface area contributed by atoms with Crippen LogP contribution in [0.25, 0.3) is 5.69 Å². The van der Waals surface area contributed by atoms with E-state index in [2.05, 4.69) is 20.9 Å². The highest BCUT2D eigenvalue weighted by molar-refractivity contribution is 9.10. The van der Waals surface area contributed by atoms with Crippen LogP contribution in [0.1, 0.15) is 5.56 Å². The Bertz CT molecular complexity index is 426. The maximum atomic E-state index is 9.16. The van der Waals surface area contributed by atoms with E-state index in [1.807, 2.05) is 29.0 Å². The SMILES string of the molecule is OCc1ccc(Br)cc1-n1ccnc1. The Morgan fingerprint density at radius 1 is 1.43 bits per heavy atom. The van der Waals surface area contributed by atoms with E-state index in [1.54, 1.807) is 12.5 Å². The highest BCUT2D eigenvalue weighted by Gasteiger charge is 2.03. The molecule has 0 radical (unpaired) electrons. The zero-order chi connectivity index (χ0) is 9.97. The Kier molecular flexibility index (Phi) is 2.65. The van der Waals surface area contributed by atoms with Crippen LogP contribution >= 0.6 is 15.9 Å². The molecule has 72 valence electrons. The first-order valence-corrected chi connectivity index (χ1v) is 4.98. The first-order chi connectivity index (χ1) is 6.81. The van der Waals surface area contributed by atoms with Crippen molar-refractivity contribution in [1.82, 2.24) is 9.55 Å². The number of rotatable bonds is 2. The van der Waals surface area contributed by atoms with Crippen LogP contribution in [-0.2, 0) is 6.61 Å². The third-order valence-electron chi connectivity index (χ3n) is 2.00. The zero-order valence-corrected chi connectivity index (χ0v) is 8.98. The number of aromatic nitrogens is 2. The number of halogens is 1. The number of imidazole rings is 1. The summed E-state index contributed by atoms with van der Waals surface area (Å²) in [6.45, 7) is 0.0286. The molecule has 0 aliphatic rings. The summed E-state index contributed by atoms with van der Waals surface area (Å²) < 4.78 is 2.86. The number of aliphatic hydroxyl groups excluding tert-OH is 1. The maximum Gasteiger partial charge on any atom is 0.0991 e. The molecule has 0 atom stereocenters. The third kappa shape index (κ3) is 1.71. The van der Waals surface area contributed by atoms with Gasteiger partial charge in [-0.2, -0.15) is 0 Å². The van der Waals surface area contributed by atoms with Crippen molar-refractivity contribution in [2.24, 2.45) is 0 Å². The molecule has 0 aliphatic heterocycles. The molecule has 14 heavy (non-hydrogen) atoms. The smallest absolute Gasteiger partial charge is 0.0991 e. The average Bonchev–Trinajstić information content (AvgIpc) is 2.70. The quantitative estimate of drug-likeness (QED) is 0.890. The van der Waals surface area contributed by atoms with Gasteiger partial charge in [-0.15, -0.1) is 0 Å². The van der Waals surface area contributed by atoms with Gasteiger partial charge >= 0.3 is 0 Å². The number of nitrogens with zero attached hydrogens (tertiary/aromatic N) is 2. The van der Waals surface area contributed by atoms with Gasteiger partial charge in [-0.1, -0.05) is 22.0 Å². The second-order valence-corrected chi connectivity index (χ2v) is 3.82. The van der Waals surface area contributed by atoms with Crippen LogP contribution in [0.2, 0.25) is 0 Å². The Morgan fingerprint density at radius 3 is 2.93 bits per heavy atom. The molecule has 0 bridgehead atoms. The third-order valence-corrected chi connectivity index (χ3v) is 2.49. The molecule has 0 aliphatic carbocycles. The van der Waals surface area contributed by atoms with Crippen molar-refractivity contribution in [1.29, 1.82) is 0 Å². The first kappa shape index (κ1) is 9.43. The summed E-state index contributed by atoms with van der Waals surface area (Å²) in [5, 5.41) is 9.16. The molecular weight excluding hydrogens is 244 g/mol. The minimum absolute atomic E-state index is 0.0286. The number of hydrogen-bond donors (Lipinski definition) is 1. The molecule has 1 aromatic carbocycles. The minimum Gasteiger partial charge on any atom is -0.392 e. The number of benzene rings is 1. The lowest BCUT2D eigenvalue weighted by molar-refractivity contribution is 0.281. The first-order valence-electron chi connectivity index (χ1n) is 4.19. The predicted octanol–water partition coefficient (Wildman–Crippen LogP) is 2.13. The number of aliphatic hydroxyl groups is 1. The summed E-state index contributed by atoms with van der Waals surface area (Å²) in [5.74, 6) is 0. The lowest BCUT2D eigenvalue weighted by atomic mass is 10.2. The molecule has 0 spiro atoms. The van der Waals surface area contributed by atoms with Crippen LogP contribution in [0.5, 0.6) is 0 Å². The summed E-state index contributed by atoms with van der Waals surface area (Å²) in [6, 6.07) is 5.75. The normalized spacial score (nSPS) is 10.4. The van der Waals surface area contributed by atoms with Crippen molar-refractivity contribution < 1.29 is 5.11 Å². The van der Waals surface area contributed by atoms with Gasteiger partial charge in [0.25, 0.3) is 0 Å². The second kappa shape index (κ2) is 3.94. The van der Waals surface area contributed by atoms with Crippen LogP contribution in [0.4, 0.5) is 0 Å². The van der Waals surface area contributed by atoms with Gasteiger partial charge in [0.1, 0.15) is 0 Å². The molecule has 0 fully saturated rings. The van der Waals surface area contributed by atoms with Crippen molar-refractivity contribution in [3.05, 3.63) is 47.0 Å². The highest BCUT2D eigenvalue weighted by atomic mass is 79.9. The molecule has 0 saturated heterocycles. The van der Waals surface area contributed by atoms with Crippen LogP contribution in [0.3, 0.4) is 0 Å². The summed E-state index contributed by atoms with van der Waals surface area (Å²) in [4.78, 5) is 3.97. The molecule has 2 aromatic rings. The second-order valence-electron chi connectivity index (χ2n) is 2.90. The zero-order valence-electron chi connectivity index (χ0n) is 7.39. The summed E-state index contributed by atoms with van der Waals surface area (Å²) >= 11 is 3.40. The molecule has 3 nitrogen and oxygen atoms in total. The fourth-order valence-electron chi connectivity index (χ4n) is 1.31. The van der Waals surface area contributed by atoms with Gasteiger partial charge in [0, 0.05) is 22.4 Å². The van der Waals surface area contributed by atoms with E-state index >= 15 is 0 Å². The van der Waals surface area contributed by atoms with Crippen molar-refractivity contribution in [2.75, 3.05) is 0 Å². The Hall–Kier alpha value is -1.13. The van der Waals surface area contributed by atoms with E-state index < -0.39 is 0 Å². The molecule has 1 N–H and O–H groups in total. The fourth-order valence-corrected chi connectivity index (χ4v) is 1.66. The highest BCUT2D eigenvalue weighted by Crippen LogP contribution is 2.20. The van der Waals surface area contributed by atoms with Crippen molar-refractivity contribution in [2.45, 2.75) is 6.61 Å². The standard InChI is InChI=1S/C10H9BrN2O/c11-9-2-1-8(6-14)10(5-9)13-4-3-12-7-13/h1-5,7,14H,6H2. The molecule has 0 unspecified atom stereocenters. The van der Waals surface area contributed by atoms with Crippen molar-refractivity contribution >= 4 is 15.9 Å². The topological polar surface area (TPSA) is 38.0 Å². The molecular formula is C10H9BrN2O. The van der Waals surface area contributed by atoms with Gasteiger partial charge in [0.2, 0.25) is 0 Å². The van der Waals surface area contributed by atoms with Crippen molar-refractivity contribution in [3.63, 3.8) is 0 Å². The van der Waals surface area contributed by atoms with Gasteiger partial charge in [0.15, 0.2) is 0 Å². The Balaban J connectivity index is 2.55. The fraction of sp³-hybridized carbons (Fsp3) is 0.100. The molecule has 4 heteroatoms. The lowest BCUT2D eigenvalue weighted by Gasteiger charge is -2.08. The Labute approximate surface area is 90.2 Å². The largest absolute Gasteiger partial charge is 0.392 e. The van der Waals surface area contributed by atoms with Gasteiger partial charge in [0.05, 0.1) is 18.6 Å². The van der Waals surface area contributed by atoms with Gasteiger partial charge in [-0.3, -0.25) is 0 Å². The molecule has 1 heterocycles. The Morgan fingerprint density at radius 2 is 2.29 bits per heavy atom. The van der Waals surface area contributed by atoms with Crippen molar-refractivity contribution in [3.8, 4) is 5.69 Å². The van der Waals surface area contributed by atoms with E-state index in [1.165, 1.54) is 0 Å². The van der Waals surface area contributed by atoms with Gasteiger partial charge in [-0.25, -0.2) is 4.98 Å². The van der Waals surface area contributed by atoms with Crippen LogP contribution in [0.15, 0.2) is 41.4 Å². The monoisotopic (exact) mass is 252 g/mol. The van der Waals surface area contributed by atoms with E-state index in [0.29, 0.717) is 0 Å². The lowest BCUT2D eigenvalue weighted by Crippen LogP contribution is -1.97. The minimum atomic E-state index is 0.0286.